The van der Waals surface area contributed by atoms with Crippen molar-refractivity contribution in [2.75, 3.05) is 31.5 Å². The van der Waals surface area contributed by atoms with Gasteiger partial charge in [-0.1, -0.05) is 0 Å². The van der Waals surface area contributed by atoms with Crippen LogP contribution in [0.4, 0.5) is 20.2 Å². The lowest BCUT2D eigenvalue weighted by atomic mass is 10.0. The highest BCUT2D eigenvalue weighted by atomic mass is 19.1. The van der Waals surface area contributed by atoms with Crippen LogP contribution in [0.5, 0.6) is 23.0 Å². The van der Waals surface area contributed by atoms with Gasteiger partial charge in [0.1, 0.15) is 17.0 Å². The fraction of sp³-hybridized carbons (Fsp3) is 0.250. The lowest BCUT2D eigenvalue weighted by Gasteiger charge is -2.16. The lowest BCUT2D eigenvalue weighted by Crippen LogP contribution is -2.35. The number of esters is 1. The first-order valence-electron chi connectivity index (χ1n) is 13.7. The Bertz CT molecular complexity index is 1710. The minimum absolute atomic E-state index is 0.104. The van der Waals surface area contributed by atoms with E-state index in [-0.39, 0.29) is 30.4 Å². The number of halogens is 2. The maximum Gasteiger partial charge on any atom is 0.305 e. The number of carbonyl (C=O) groups is 3. The number of nitrogens with one attached hydrogen (secondary N) is 2. The van der Waals surface area contributed by atoms with Crippen LogP contribution in [0, 0.1) is 17.0 Å². The summed E-state index contributed by atoms with van der Waals surface area (Å²) >= 11 is 0. The van der Waals surface area contributed by atoms with Gasteiger partial charge in [0.05, 0.1) is 26.3 Å². The highest BCUT2D eigenvalue weighted by Gasteiger charge is 2.56. The molecule has 3 aromatic carbocycles. The average Bonchev–Trinajstić information content (AvgIpc) is 3.84. The van der Waals surface area contributed by atoms with Crippen molar-refractivity contribution in [2.45, 2.75) is 25.7 Å². The number of methoxy groups -OCH3 is 2. The lowest BCUT2D eigenvalue weighted by molar-refractivity contribution is -0.141. The molecule has 10 nitrogen and oxygen atoms in total. The third-order valence-electron chi connectivity index (χ3n) is 7.13. The van der Waals surface area contributed by atoms with Crippen molar-refractivity contribution < 1.29 is 42.1 Å². The normalized spacial score (nSPS) is 13.1. The van der Waals surface area contributed by atoms with Crippen molar-refractivity contribution in [3.8, 4) is 23.0 Å². The molecule has 0 spiro atoms. The summed E-state index contributed by atoms with van der Waals surface area (Å²) in [5, 5.41) is 5.78. The Morgan fingerprint density at radius 1 is 0.841 bits per heavy atom. The van der Waals surface area contributed by atoms with E-state index in [0.29, 0.717) is 53.1 Å². The zero-order valence-corrected chi connectivity index (χ0v) is 23.9. The van der Waals surface area contributed by atoms with Gasteiger partial charge in [-0.25, -0.2) is 8.78 Å². The molecule has 228 valence electrons. The number of benzene rings is 3. The molecular formula is C32H29F2N3O7. The Labute approximate surface area is 251 Å². The van der Waals surface area contributed by atoms with Crippen molar-refractivity contribution in [3.63, 3.8) is 0 Å². The van der Waals surface area contributed by atoms with Gasteiger partial charge in [-0.05, 0) is 67.8 Å². The molecule has 0 bridgehead atoms. The van der Waals surface area contributed by atoms with Crippen LogP contribution in [0.15, 0.2) is 66.9 Å². The average molecular weight is 606 g/mol. The largest absolute Gasteiger partial charge is 0.493 e. The number of carbonyl (C=O) groups excluding carboxylic acids is 3. The molecule has 1 aliphatic carbocycles. The maximum atomic E-state index is 15.2. The minimum atomic E-state index is -1.29. The molecule has 2 amide bonds. The van der Waals surface area contributed by atoms with Gasteiger partial charge in [0, 0.05) is 41.5 Å². The molecule has 44 heavy (non-hydrogen) atoms. The van der Waals surface area contributed by atoms with Gasteiger partial charge in [0.2, 0.25) is 11.8 Å². The van der Waals surface area contributed by atoms with Gasteiger partial charge in [-0.2, -0.15) is 0 Å². The summed E-state index contributed by atoms with van der Waals surface area (Å²) in [7, 11) is 2.80. The molecular weight excluding hydrogens is 576 g/mol. The molecule has 1 aromatic heterocycles. The topological polar surface area (TPSA) is 125 Å². The third kappa shape index (κ3) is 6.69. The Hall–Kier alpha value is -5.26. The standard InChI is InChI=1S/C32H29F2N3O7/c1-41-27-17-22-24(18-28(27)43-15-3-4-29(38)42-2)35-14-11-25(22)44-26-10-9-21(16-23(26)34)37-31(40)32(12-13-32)30(39)36-20-7-5-19(33)6-8-20/h5-11,14,16-18H,3-4,12-13,15H2,1-2H3,(H,36,39)(H,37,40). The van der Waals surface area contributed by atoms with Gasteiger partial charge >= 0.3 is 5.97 Å². The second-order valence-corrected chi connectivity index (χ2v) is 10.1. The molecule has 2 N–H and O–H groups in total. The Morgan fingerprint density at radius 2 is 1.55 bits per heavy atom. The van der Waals surface area contributed by atoms with Gasteiger partial charge in [0.15, 0.2) is 23.1 Å². The zero-order chi connectivity index (χ0) is 31.3. The van der Waals surface area contributed by atoms with Crippen molar-refractivity contribution in [1.29, 1.82) is 0 Å². The van der Waals surface area contributed by atoms with E-state index in [9.17, 15) is 18.8 Å². The van der Waals surface area contributed by atoms with Crippen LogP contribution in [0.3, 0.4) is 0 Å². The molecule has 1 aliphatic rings. The van der Waals surface area contributed by atoms with E-state index in [1.807, 2.05) is 0 Å². The molecule has 0 radical (unpaired) electrons. The van der Waals surface area contributed by atoms with E-state index >= 15 is 4.39 Å². The van der Waals surface area contributed by atoms with E-state index < -0.39 is 28.9 Å². The molecule has 0 atom stereocenters. The number of ether oxygens (including phenoxy) is 4. The Morgan fingerprint density at radius 3 is 2.20 bits per heavy atom. The number of anilines is 2. The predicted octanol–water partition coefficient (Wildman–Crippen LogP) is 6.00. The van der Waals surface area contributed by atoms with Crippen LogP contribution in [-0.4, -0.2) is 43.6 Å². The second-order valence-electron chi connectivity index (χ2n) is 10.1. The number of rotatable bonds is 12. The molecule has 0 aliphatic heterocycles. The summed E-state index contributed by atoms with van der Waals surface area (Å²) < 4.78 is 50.1. The van der Waals surface area contributed by atoms with Gasteiger partial charge in [-0.15, -0.1) is 0 Å². The molecule has 5 rings (SSSR count). The summed E-state index contributed by atoms with van der Waals surface area (Å²) in [6.45, 7) is 0.251. The predicted molar refractivity (Wildman–Crippen MR) is 157 cm³/mol. The number of nitrogens with zero attached hydrogens (tertiary/aromatic N) is 1. The monoisotopic (exact) mass is 605 g/mol. The van der Waals surface area contributed by atoms with Gasteiger partial charge in [0.25, 0.3) is 0 Å². The molecule has 4 aromatic rings. The molecule has 1 heterocycles. The minimum Gasteiger partial charge on any atom is -0.493 e. The molecule has 0 unspecified atom stereocenters. The summed E-state index contributed by atoms with van der Waals surface area (Å²) in [5.74, 6) is -1.60. The van der Waals surface area contributed by atoms with Crippen molar-refractivity contribution in [2.24, 2.45) is 5.41 Å². The zero-order valence-electron chi connectivity index (χ0n) is 23.9. The number of hydrogen-bond acceptors (Lipinski definition) is 8. The number of aromatic nitrogens is 1. The first kappa shape index (κ1) is 30.2. The molecule has 1 saturated carbocycles. The van der Waals surface area contributed by atoms with Crippen LogP contribution in [-0.2, 0) is 19.1 Å². The van der Waals surface area contributed by atoms with Crippen LogP contribution in [0.25, 0.3) is 10.9 Å². The second kappa shape index (κ2) is 12.9. The van der Waals surface area contributed by atoms with Gasteiger partial charge < -0.3 is 29.6 Å². The van der Waals surface area contributed by atoms with Crippen LogP contribution in [0.2, 0.25) is 0 Å². The van der Waals surface area contributed by atoms with Gasteiger partial charge in [-0.3, -0.25) is 19.4 Å². The molecule has 1 fully saturated rings. The van der Waals surface area contributed by atoms with E-state index in [4.69, 9.17) is 14.2 Å². The molecule has 12 heteroatoms. The number of hydrogen-bond donors (Lipinski definition) is 2. The van der Waals surface area contributed by atoms with E-state index in [0.717, 1.165) is 6.07 Å². The highest BCUT2D eigenvalue weighted by Crippen LogP contribution is 2.47. The van der Waals surface area contributed by atoms with Crippen molar-refractivity contribution in [3.05, 3.63) is 78.5 Å². The fourth-order valence-electron chi connectivity index (χ4n) is 4.49. The van der Waals surface area contributed by atoms with Crippen molar-refractivity contribution in [1.82, 2.24) is 4.98 Å². The summed E-state index contributed by atoms with van der Waals surface area (Å²) in [6, 6.07) is 14.0. The fourth-order valence-corrected chi connectivity index (χ4v) is 4.49. The third-order valence-corrected chi connectivity index (χ3v) is 7.13. The summed E-state index contributed by atoms with van der Waals surface area (Å²) in [6.07, 6.45) is 2.82. The Kier molecular flexibility index (Phi) is 8.88. The summed E-state index contributed by atoms with van der Waals surface area (Å²) in [4.78, 5) is 41.5. The van der Waals surface area contributed by atoms with E-state index in [2.05, 4.69) is 20.4 Å². The maximum absolute atomic E-state index is 15.2. The first-order valence-corrected chi connectivity index (χ1v) is 13.7. The van der Waals surface area contributed by atoms with E-state index in [1.165, 1.54) is 56.8 Å². The number of pyridine rings is 1. The molecule has 0 saturated heterocycles. The first-order chi connectivity index (χ1) is 21.2. The SMILES string of the molecule is COC(=O)CCCOc1cc2nccc(Oc3ccc(NC(=O)C4(C(=O)Nc5ccc(F)cc5)CC4)cc3F)c2cc1OC. The Balaban J connectivity index is 1.26. The number of fused-ring (bicyclic) bond motifs is 1. The quantitative estimate of drug-likeness (QED) is 0.114. The van der Waals surface area contributed by atoms with E-state index in [1.54, 1.807) is 18.2 Å². The highest BCUT2D eigenvalue weighted by molar-refractivity contribution is 6.16. The smallest absolute Gasteiger partial charge is 0.305 e. The number of amides is 2. The van der Waals surface area contributed by atoms with Crippen LogP contribution >= 0.6 is 0 Å². The summed E-state index contributed by atoms with van der Waals surface area (Å²) in [5.41, 5.74) is -0.275. The van der Waals surface area contributed by atoms with Crippen LogP contribution in [0.1, 0.15) is 25.7 Å². The van der Waals surface area contributed by atoms with Crippen molar-refractivity contribution >= 4 is 40.1 Å². The van der Waals surface area contributed by atoms with Crippen LogP contribution < -0.4 is 24.8 Å².